The topological polar surface area (TPSA) is 117 Å². The van der Waals surface area contributed by atoms with E-state index >= 15 is 4.39 Å². The van der Waals surface area contributed by atoms with Gasteiger partial charge in [0.2, 0.25) is 11.8 Å². The molecular formula is C28H24F2N4O5. The number of hydrogen-bond acceptors (Lipinski definition) is 5. The van der Waals surface area contributed by atoms with E-state index in [0.29, 0.717) is 5.75 Å². The first-order chi connectivity index (χ1) is 18.8. The number of carbonyl (C=O) groups excluding carboxylic acids is 4. The summed E-state index contributed by atoms with van der Waals surface area (Å²) < 4.78 is 35.3. The van der Waals surface area contributed by atoms with Gasteiger partial charge in [0, 0.05) is 35.7 Å². The zero-order valence-corrected chi connectivity index (χ0v) is 20.6. The van der Waals surface area contributed by atoms with E-state index in [0.717, 1.165) is 11.6 Å². The molecule has 1 unspecified atom stereocenters. The summed E-state index contributed by atoms with van der Waals surface area (Å²) in [7, 11) is 0. The van der Waals surface area contributed by atoms with Crippen LogP contribution in [-0.4, -0.2) is 34.7 Å². The summed E-state index contributed by atoms with van der Waals surface area (Å²) in [6.07, 6.45) is 0.255. The first-order valence-electron chi connectivity index (χ1n) is 12.3. The van der Waals surface area contributed by atoms with E-state index < -0.39 is 41.4 Å². The number of nitrogens with one attached hydrogen (secondary N) is 3. The summed E-state index contributed by atoms with van der Waals surface area (Å²) in [4.78, 5) is 50.0. The van der Waals surface area contributed by atoms with Crippen LogP contribution in [0.4, 0.5) is 19.3 Å². The number of ether oxygens (including phenoxy) is 1. The number of rotatable bonds is 7. The van der Waals surface area contributed by atoms with Crippen molar-refractivity contribution >= 4 is 29.4 Å². The van der Waals surface area contributed by atoms with E-state index in [2.05, 4.69) is 16.0 Å². The predicted molar refractivity (Wildman–Crippen MR) is 135 cm³/mol. The summed E-state index contributed by atoms with van der Waals surface area (Å²) >= 11 is 0. The molecule has 11 heteroatoms. The first kappa shape index (κ1) is 25.8. The van der Waals surface area contributed by atoms with Crippen LogP contribution >= 0.6 is 0 Å². The van der Waals surface area contributed by atoms with Crippen LogP contribution in [0, 0.1) is 11.6 Å². The summed E-state index contributed by atoms with van der Waals surface area (Å²) in [6, 6.07) is 14.6. The summed E-state index contributed by atoms with van der Waals surface area (Å²) in [5, 5.41) is 7.06. The molecule has 1 fully saturated rings. The summed E-state index contributed by atoms with van der Waals surface area (Å²) in [5.41, 5.74) is 1.20. The molecule has 0 bridgehead atoms. The number of carbonyl (C=O) groups is 4. The van der Waals surface area contributed by atoms with Crippen molar-refractivity contribution in [1.82, 2.24) is 15.5 Å². The number of amides is 5. The van der Waals surface area contributed by atoms with Crippen molar-refractivity contribution in [2.75, 3.05) is 5.32 Å². The molecule has 200 valence electrons. The van der Waals surface area contributed by atoms with Crippen molar-refractivity contribution in [3.8, 4) is 5.75 Å². The van der Waals surface area contributed by atoms with Crippen LogP contribution in [0.25, 0.3) is 0 Å². The second-order valence-electron chi connectivity index (χ2n) is 9.19. The Kier molecular flexibility index (Phi) is 7.22. The van der Waals surface area contributed by atoms with Crippen molar-refractivity contribution in [3.63, 3.8) is 0 Å². The molecule has 3 N–H and O–H groups in total. The SMILES string of the molecule is O=C1CCC(N2Cc3c(ccc(CNC(=O)Nc4ccc(OCc5ccccc5)cc4F)c3F)C2=O)C(=O)N1. The second-order valence-corrected chi connectivity index (χ2v) is 9.19. The third kappa shape index (κ3) is 5.57. The molecule has 2 heterocycles. The third-order valence-corrected chi connectivity index (χ3v) is 6.61. The Morgan fingerprint density at radius 1 is 1.05 bits per heavy atom. The number of piperidine rings is 1. The number of urea groups is 1. The minimum atomic E-state index is -0.862. The maximum absolute atomic E-state index is 15.2. The lowest BCUT2D eigenvalue weighted by molar-refractivity contribution is -0.136. The Morgan fingerprint density at radius 2 is 1.85 bits per heavy atom. The van der Waals surface area contributed by atoms with Gasteiger partial charge < -0.3 is 20.3 Å². The minimum Gasteiger partial charge on any atom is -0.489 e. The number of anilines is 1. The Bertz CT molecular complexity index is 1460. The zero-order chi connectivity index (χ0) is 27.5. The van der Waals surface area contributed by atoms with E-state index in [4.69, 9.17) is 4.74 Å². The highest BCUT2D eigenvalue weighted by Crippen LogP contribution is 2.31. The largest absolute Gasteiger partial charge is 0.489 e. The minimum absolute atomic E-state index is 0.0838. The van der Waals surface area contributed by atoms with Crippen LogP contribution in [0.5, 0.6) is 5.75 Å². The number of hydrogen-bond donors (Lipinski definition) is 3. The van der Waals surface area contributed by atoms with Gasteiger partial charge in [-0.15, -0.1) is 0 Å². The van der Waals surface area contributed by atoms with Crippen LogP contribution in [0.15, 0.2) is 60.7 Å². The molecule has 5 amide bonds. The second kappa shape index (κ2) is 10.9. The lowest BCUT2D eigenvalue weighted by atomic mass is 10.0. The van der Waals surface area contributed by atoms with Crippen molar-refractivity contribution in [2.45, 2.75) is 38.6 Å². The van der Waals surface area contributed by atoms with Gasteiger partial charge in [0.1, 0.15) is 30.0 Å². The van der Waals surface area contributed by atoms with Crippen LogP contribution in [0.1, 0.15) is 39.9 Å². The van der Waals surface area contributed by atoms with Crippen molar-refractivity contribution in [2.24, 2.45) is 0 Å². The molecule has 0 aliphatic carbocycles. The lowest BCUT2D eigenvalue weighted by Crippen LogP contribution is -2.52. The van der Waals surface area contributed by atoms with Crippen LogP contribution < -0.4 is 20.7 Å². The Morgan fingerprint density at radius 3 is 2.59 bits per heavy atom. The van der Waals surface area contributed by atoms with Gasteiger partial charge in [-0.2, -0.15) is 0 Å². The monoisotopic (exact) mass is 534 g/mol. The molecule has 9 nitrogen and oxygen atoms in total. The molecule has 3 aromatic rings. The van der Waals surface area contributed by atoms with Crippen molar-refractivity contribution in [1.29, 1.82) is 0 Å². The molecule has 0 radical (unpaired) electrons. The Hall–Kier alpha value is -4.80. The molecule has 2 aliphatic rings. The normalized spacial score (nSPS) is 16.5. The molecular weight excluding hydrogens is 510 g/mol. The van der Waals surface area contributed by atoms with Gasteiger partial charge in [-0.05, 0) is 30.2 Å². The van der Waals surface area contributed by atoms with E-state index in [1.165, 1.54) is 29.2 Å². The molecule has 5 rings (SSSR count). The van der Waals surface area contributed by atoms with Gasteiger partial charge >= 0.3 is 6.03 Å². The standard InChI is InChI=1S/C28H24F2N4O5/c29-21-12-18(39-15-16-4-2-1-3-5-16)7-9-22(21)32-28(38)31-13-17-6-8-19-20(25(17)30)14-34(27(19)37)23-10-11-24(35)33-26(23)36/h1-9,12,23H,10-11,13-15H2,(H2,31,32,38)(H,33,35,36). The summed E-state index contributed by atoms with van der Waals surface area (Å²) in [5.74, 6) is -2.58. The molecule has 39 heavy (non-hydrogen) atoms. The molecule has 1 atom stereocenters. The van der Waals surface area contributed by atoms with E-state index in [-0.39, 0.29) is 54.9 Å². The number of fused-ring (bicyclic) bond motifs is 1. The van der Waals surface area contributed by atoms with Gasteiger partial charge in [0.05, 0.1) is 12.2 Å². The van der Waals surface area contributed by atoms with Gasteiger partial charge in [-0.1, -0.05) is 36.4 Å². The average molecular weight is 535 g/mol. The first-order valence-corrected chi connectivity index (χ1v) is 12.3. The van der Waals surface area contributed by atoms with Crippen molar-refractivity contribution in [3.05, 3.63) is 94.6 Å². The van der Waals surface area contributed by atoms with Gasteiger partial charge in [0.15, 0.2) is 0 Å². The fourth-order valence-corrected chi connectivity index (χ4v) is 4.56. The Labute approximate surface area is 222 Å². The number of nitrogens with zero attached hydrogens (tertiary/aromatic N) is 1. The van der Waals surface area contributed by atoms with Gasteiger partial charge in [-0.3, -0.25) is 19.7 Å². The molecule has 0 spiro atoms. The predicted octanol–water partition coefficient (Wildman–Crippen LogP) is 3.63. The van der Waals surface area contributed by atoms with Gasteiger partial charge in [0.25, 0.3) is 5.91 Å². The zero-order valence-electron chi connectivity index (χ0n) is 20.6. The highest BCUT2D eigenvalue weighted by Gasteiger charge is 2.40. The number of benzene rings is 3. The van der Waals surface area contributed by atoms with Crippen LogP contribution in [0.2, 0.25) is 0 Å². The van der Waals surface area contributed by atoms with Crippen LogP contribution in [0.3, 0.4) is 0 Å². The maximum atomic E-state index is 15.2. The van der Waals surface area contributed by atoms with Gasteiger partial charge in [-0.25, -0.2) is 13.6 Å². The molecule has 1 saturated heterocycles. The molecule has 0 saturated carbocycles. The maximum Gasteiger partial charge on any atom is 0.319 e. The molecule has 0 aromatic heterocycles. The smallest absolute Gasteiger partial charge is 0.319 e. The quantitative estimate of drug-likeness (QED) is 0.401. The molecule has 3 aromatic carbocycles. The van der Waals surface area contributed by atoms with Crippen molar-refractivity contribution < 1.29 is 32.7 Å². The lowest BCUT2D eigenvalue weighted by Gasteiger charge is -2.29. The highest BCUT2D eigenvalue weighted by molar-refractivity contribution is 6.05. The fourth-order valence-electron chi connectivity index (χ4n) is 4.56. The van der Waals surface area contributed by atoms with E-state index in [1.54, 1.807) is 0 Å². The third-order valence-electron chi connectivity index (χ3n) is 6.61. The van der Waals surface area contributed by atoms with E-state index in [1.807, 2.05) is 30.3 Å². The summed E-state index contributed by atoms with van der Waals surface area (Å²) in [6.45, 7) is -0.0928. The molecule has 2 aliphatic heterocycles. The number of imide groups is 1. The Balaban J connectivity index is 1.18. The highest BCUT2D eigenvalue weighted by atomic mass is 19.1. The average Bonchev–Trinajstić information content (AvgIpc) is 3.26. The fraction of sp³-hybridized carbons (Fsp3) is 0.214. The van der Waals surface area contributed by atoms with E-state index in [9.17, 15) is 23.6 Å². The van der Waals surface area contributed by atoms with Crippen LogP contribution in [-0.2, 0) is 29.3 Å². The number of halogens is 2.